The lowest BCUT2D eigenvalue weighted by Crippen LogP contribution is -1.98. The van der Waals surface area contributed by atoms with Gasteiger partial charge in [-0.15, -0.1) is 11.3 Å². The van der Waals surface area contributed by atoms with Gasteiger partial charge in [-0.25, -0.2) is 0 Å². The molecular weight excluding hydrogens is 288 g/mol. The molecule has 0 bridgehead atoms. The van der Waals surface area contributed by atoms with E-state index in [9.17, 15) is 5.11 Å². The Hall–Kier alpha value is -1.43. The first-order valence-electron chi connectivity index (χ1n) is 5.60. The molecule has 6 heteroatoms. The number of aliphatic hydroxyl groups excluding tert-OH is 1. The molecule has 1 aliphatic heterocycles. The van der Waals surface area contributed by atoms with E-state index >= 15 is 0 Å². The summed E-state index contributed by atoms with van der Waals surface area (Å²) < 4.78 is 16.5. The van der Waals surface area contributed by atoms with Gasteiger partial charge < -0.3 is 19.3 Å². The average molecular weight is 299 g/mol. The summed E-state index contributed by atoms with van der Waals surface area (Å²) in [6.07, 6.45) is -0.763. The minimum absolute atomic E-state index is 0.163. The molecule has 0 saturated carbocycles. The zero-order valence-electron chi connectivity index (χ0n) is 10.1. The van der Waals surface area contributed by atoms with Crippen LogP contribution in [0.4, 0.5) is 0 Å². The van der Waals surface area contributed by atoms with Gasteiger partial charge in [0.1, 0.15) is 6.10 Å². The number of benzene rings is 1. The first-order chi connectivity index (χ1) is 9.19. The molecule has 1 atom stereocenters. The molecule has 0 radical (unpaired) electrons. The molecule has 100 valence electrons. The van der Waals surface area contributed by atoms with Crippen LogP contribution in [-0.4, -0.2) is 19.0 Å². The second kappa shape index (κ2) is 4.92. The maximum absolute atomic E-state index is 10.4. The normalized spacial score (nSPS) is 14.5. The van der Waals surface area contributed by atoms with Crippen LogP contribution in [0.25, 0.3) is 0 Å². The highest BCUT2D eigenvalue weighted by atomic mass is 35.5. The van der Waals surface area contributed by atoms with Crippen molar-refractivity contribution >= 4 is 22.9 Å². The van der Waals surface area contributed by atoms with Crippen molar-refractivity contribution in [3.05, 3.63) is 39.0 Å². The van der Waals surface area contributed by atoms with Crippen molar-refractivity contribution in [3.8, 4) is 17.2 Å². The molecular formula is C13H11ClO4S. The molecule has 0 amide bonds. The average Bonchev–Trinajstić information content (AvgIpc) is 3.04. The van der Waals surface area contributed by atoms with E-state index in [0.717, 1.165) is 4.88 Å². The number of thiophene rings is 1. The summed E-state index contributed by atoms with van der Waals surface area (Å²) in [5, 5.41) is 10.4. The van der Waals surface area contributed by atoms with E-state index in [1.807, 2.05) is 0 Å². The third-order valence-corrected chi connectivity index (χ3v) is 4.14. The number of hydrogen-bond donors (Lipinski definition) is 1. The standard InChI is InChI=1S/C13H11ClO4S/c1-16-8-4-7(5-9-13(8)18-6-17-9)12(15)10-2-3-11(14)19-10/h2-5,12,15H,6H2,1H3. The fourth-order valence-corrected chi connectivity index (χ4v) is 3.02. The fourth-order valence-electron chi connectivity index (χ4n) is 1.95. The van der Waals surface area contributed by atoms with Gasteiger partial charge in [-0.1, -0.05) is 11.6 Å². The first kappa shape index (κ1) is 12.6. The van der Waals surface area contributed by atoms with Gasteiger partial charge in [-0.3, -0.25) is 0 Å². The highest BCUT2D eigenvalue weighted by Crippen LogP contribution is 2.44. The van der Waals surface area contributed by atoms with E-state index in [1.165, 1.54) is 11.3 Å². The SMILES string of the molecule is COc1cc(C(O)c2ccc(Cl)s2)cc2c1OCO2. The van der Waals surface area contributed by atoms with Crippen LogP contribution in [0.3, 0.4) is 0 Å². The molecule has 1 aromatic carbocycles. The van der Waals surface area contributed by atoms with Crippen molar-refractivity contribution in [2.45, 2.75) is 6.10 Å². The monoisotopic (exact) mass is 298 g/mol. The van der Waals surface area contributed by atoms with Gasteiger partial charge in [0.15, 0.2) is 11.5 Å². The molecule has 0 saturated heterocycles. The van der Waals surface area contributed by atoms with Gasteiger partial charge in [0.05, 0.1) is 11.4 Å². The Labute approximate surface area is 119 Å². The second-order valence-electron chi connectivity index (χ2n) is 4.00. The largest absolute Gasteiger partial charge is 0.493 e. The Morgan fingerprint density at radius 2 is 2.21 bits per heavy atom. The van der Waals surface area contributed by atoms with Crippen LogP contribution in [0, 0.1) is 0 Å². The lowest BCUT2D eigenvalue weighted by molar-refractivity contribution is 0.171. The van der Waals surface area contributed by atoms with E-state index in [-0.39, 0.29) is 6.79 Å². The zero-order valence-corrected chi connectivity index (χ0v) is 11.6. The Balaban J connectivity index is 2.01. The van der Waals surface area contributed by atoms with Gasteiger partial charge in [0.25, 0.3) is 0 Å². The van der Waals surface area contributed by atoms with E-state index in [4.69, 9.17) is 25.8 Å². The molecule has 1 aliphatic rings. The van der Waals surface area contributed by atoms with E-state index in [2.05, 4.69) is 0 Å². The number of halogens is 1. The highest BCUT2D eigenvalue weighted by molar-refractivity contribution is 7.16. The Kier molecular flexibility index (Phi) is 3.26. The van der Waals surface area contributed by atoms with Crippen LogP contribution < -0.4 is 14.2 Å². The van der Waals surface area contributed by atoms with Crippen LogP contribution in [0.5, 0.6) is 17.2 Å². The predicted octanol–water partition coefficient (Wildman–Crippen LogP) is 3.22. The third-order valence-electron chi connectivity index (χ3n) is 2.86. The van der Waals surface area contributed by atoms with Crippen LogP contribution in [-0.2, 0) is 0 Å². The summed E-state index contributed by atoms with van der Waals surface area (Å²) in [7, 11) is 1.55. The summed E-state index contributed by atoms with van der Waals surface area (Å²) in [4.78, 5) is 0.769. The topological polar surface area (TPSA) is 47.9 Å². The van der Waals surface area contributed by atoms with Gasteiger partial charge >= 0.3 is 0 Å². The summed E-state index contributed by atoms with van der Waals surface area (Å²) in [5.74, 6) is 1.70. The minimum atomic E-state index is -0.763. The number of aliphatic hydroxyl groups is 1. The Morgan fingerprint density at radius 3 is 2.89 bits per heavy atom. The number of rotatable bonds is 3. The molecule has 3 rings (SSSR count). The Morgan fingerprint density at radius 1 is 1.37 bits per heavy atom. The van der Waals surface area contributed by atoms with E-state index in [1.54, 1.807) is 31.4 Å². The molecule has 2 heterocycles. The van der Waals surface area contributed by atoms with Crippen molar-refractivity contribution in [2.75, 3.05) is 13.9 Å². The van der Waals surface area contributed by atoms with Crippen LogP contribution >= 0.6 is 22.9 Å². The number of fused-ring (bicyclic) bond motifs is 1. The molecule has 0 spiro atoms. The highest BCUT2D eigenvalue weighted by Gasteiger charge is 2.23. The lowest BCUT2D eigenvalue weighted by Gasteiger charge is -2.12. The summed E-state index contributed by atoms with van der Waals surface area (Å²) in [6, 6.07) is 7.05. The van der Waals surface area contributed by atoms with Gasteiger partial charge in [0, 0.05) is 4.88 Å². The van der Waals surface area contributed by atoms with Crippen molar-refractivity contribution < 1.29 is 19.3 Å². The van der Waals surface area contributed by atoms with Crippen LogP contribution in [0.15, 0.2) is 24.3 Å². The van der Waals surface area contributed by atoms with Crippen LogP contribution in [0.2, 0.25) is 4.34 Å². The summed E-state index contributed by atoms with van der Waals surface area (Å²) >= 11 is 7.22. The molecule has 0 fully saturated rings. The molecule has 0 aliphatic carbocycles. The quantitative estimate of drug-likeness (QED) is 0.945. The van der Waals surface area contributed by atoms with Crippen molar-refractivity contribution in [1.29, 1.82) is 0 Å². The van der Waals surface area contributed by atoms with Gasteiger partial charge in [0.2, 0.25) is 12.5 Å². The molecule has 2 aromatic rings. The number of ether oxygens (including phenoxy) is 3. The summed E-state index contributed by atoms with van der Waals surface area (Å²) in [5.41, 5.74) is 0.680. The molecule has 19 heavy (non-hydrogen) atoms. The molecule has 1 N–H and O–H groups in total. The lowest BCUT2D eigenvalue weighted by atomic mass is 10.1. The van der Waals surface area contributed by atoms with Crippen LogP contribution in [0.1, 0.15) is 16.5 Å². The maximum atomic E-state index is 10.4. The summed E-state index contributed by atoms with van der Waals surface area (Å²) in [6.45, 7) is 0.163. The van der Waals surface area contributed by atoms with Gasteiger partial charge in [-0.2, -0.15) is 0 Å². The third kappa shape index (κ3) is 2.25. The second-order valence-corrected chi connectivity index (χ2v) is 5.75. The molecule has 4 nitrogen and oxygen atoms in total. The van der Waals surface area contributed by atoms with Crippen molar-refractivity contribution in [2.24, 2.45) is 0 Å². The van der Waals surface area contributed by atoms with E-state index in [0.29, 0.717) is 27.1 Å². The van der Waals surface area contributed by atoms with E-state index < -0.39 is 6.10 Å². The molecule has 1 aromatic heterocycles. The van der Waals surface area contributed by atoms with Crippen molar-refractivity contribution in [3.63, 3.8) is 0 Å². The Bertz CT molecular complexity index is 611. The maximum Gasteiger partial charge on any atom is 0.231 e. The molecule has 1 unspecified atom stereocenters. The smallest absolute Gasteiger partial charge is 0.231 e. The zero-order chi connectivity index (χ0) is 13.4. The fraction of sp³-hybridized carbons (Fsp3) is 0.231. The van der Waals surface area contributed by atoms with Crippen molar-refractivity contribution in [1.82, 2.24) is 0 Å². The number of methoxy groups -OCH3 is 1. The van der Waals surface area contributed by atoms with Gasteiger partial charge in [-0.05, 0) is 29.8 Å². The first-order valence-corrected chi connectivity index (χ1v) is 6.79. The number of hydrogen-bond acceptors (Lipinski definition) is 5. The predicted molar refractivity (Wildman–Crippen MR) is 72.5 cm³/mol. The minimum Gasteiger partial charge on any atom is -0.493 e.